The van der Waals surface area contributed by atoms with Gasteiger partial charge in [-0.05, 0) is 174 Å². The second-order valence-corrected chi connectivity index (χ2v) is 23.6. The lowest BCUT2D eigenvalue weighted by atomic mass is 9.96. The fourth-order valence-corrected chi connectivity index (χ4v) is 11.8. The molecule has 0 bridgehead atoms. The summed E-state index contributed by atoms with van der Waals surface area (Å²) in [6.45, 7) is 12.8. The summed E-state index contributed by atoms with van der Waals surface area (Å²) >= 11 is 0. The number of hydrogen-bond acceptors (Lipinski definition) is 0. The molecule has 0 saturated heterocycles. The monoisotopic (exact) mass is 1180 g/mol. The number of rotatable bonds is 5. The largest absolute Gasteiger partial charge is 0.0622 e. The zero-order chi connectivity index (χ0) is 63.4. The molecule has 0 unspecified atom stereocenters. The van der Waals surface area contributed by atoms with Gasteiger partial charge in [0, 0.05) is 0 Å². The highest BCUT2D eigenvalue weighted by molar-refractivity contribution is 5.99. The van der Waals surface area contributed by atoms with E-state index in [0.717, 1.165) is 0 Å². The third-order valence-electron chi connectivity index (χ3n) is 16.7. The van der Waals surface area contributed by atoms with Crippen LogP contribution in [-0.2, 0) is 0 Å². The summed E-state index contributed by atoms with van der Waals surface area (Å²) in [6.07, 6.45) is 0. The third-order valence-corrected chi connectivity index (χ3v) is 16.7. The van der Waals surface area contributed by atoms with Gasteiger partial charge in [0.25, 0.3) is 0 Å². The molecule has 0 aromatic heterocycles. The Bertz CT molecular complexity index is 5020. The zero-order valence-electron chi connectivity index (χ0n) is 53.6. The number of aryl methyl sites for hydroxylation is 6. The van der Waals surface area contributed by atoms with Gasteiger partial charge >= 0.3 is 0 Å². The quantitative estimate of drug-likeness (QED) is 0.161. The molecule has 0 spiro atoms. The normalized spacial score (nSPS) is 10.5. The first-order chi connectivity index (χ1) is 45.1. The summed E-state index contributed by atoms with van der Waals surface area (Å²) in [5, 5.41) is 13.2. The van der Waals surface area contributed by atoms with E-state index in [2.05, 4.69) is 399 Å². The first-order valence-corrected chi connectivity index (χ1v) is 31.9. The van der Waals surface area contributed by atoms with E-state index in [-0.39, 0.29) is 0 Å². The van der Waals surface area contributed by atoms with Crippen molar-refractivity contribution in [2.75, 3.05) is 0 Å². The van der Waals surface area contributed by atoms with Crippen LogP contribution in [0.25, 0.3) is 109 Å². The summed E-state index contributed by atoms with van der Waals surface area (Å²) in [5.74, 6) is 0. The Morgan fingerprint density at radius 2 is 0.489 bits per heavy atom. The Labute approximate surface area is 545 Å². The van der Waals surface area contributed by atoms with Crippen LogP contribution in [0.2, 0.25) is 0 Å². The van der Waals surface area contributed by atoms with E-state index in [0.29, 0.717) is 0 Å². The van der Waals surface area contributed by atoms with Crippen LogP contribution in [0.1, 0.15) is 33.4 Å². The van der Waals surface area contributed by atoms with Crippen molar-refractivity contribution in [3.05, 3.63) is 397 Å². The van der Waals surface area contributed by atoms with E-state index < -0.39 is 0 Å². The van der Waals surface area contributed by atoms with Crippen LogP contribution in [0.4, 0.5) is 0 Å². The molecule has 0 nitrogen and oxygen atoms in total. The minimum atomic E-state index is 1.26. The van der Waals surface area contributed by atoms with E-state index in [4.69, 9.17) is 0 Å². The van der Waals surface area contributed by atoms with Gasteiger partial charge in [-0.25, -0.2) is 0 Å². The minimum absolute atomic E-state index is 1.26. The first-order valence-electron chi connectivity index (χ1n) is 31.9. The summed E-state index contributed by atoms with van der Waals surface area (Å²) in [4.78, 5) is 0. The standard InChI is InChI=1S/C19H16.3C17H14.2C11H10/c1-15-7-5-10-17(13-15)19-12-6-11-18(14-19)16-8-3-2-4-9-16;1-13-5-4-8-15(11-13)17-10-9-14-6-2-3-7-16(14)12-17;1-13-9-11-15(12-10-13)17-8-4-6-14-5-2-3-7-16(14)17;1-13-11-12-16(14-7-3-2-4-8-14)17-10-6-5-9-15(13)17;1-9-5-4-7-10-6-2-3-8-11(9)10;1-9-6-7-10-4-2-3-5-11(10)8-9/h2-14H,1H3;3*2-12H,1H3;2*2-8H,1H3. The topological polar surface area (TPSA) is 0 Å². The zero-order valence-corrected chi connectivity index (χ0v) is 53.6. The van der Waals surface area contributed by atoms with Gasteiger partial charge in [-0.3, -0.25) is 0 Å². The van der Waals surface area contributed by atoms with Crippen molar-refractivity contribution in [1.29, 1.82) is 0 Å². The van der Waals surface area contributed by atoms with Crippen LogP contribution in [0.3, 0.4) is 0 Å². The van der Waals surface area contributed by atoms with Crippen molar-refractivity contribution in [2.24, 2.45) is 0 Å². The molecular weight excluding hydrogens is 1110 g/mol. The molecule has 16 rings (SSSR count). The van der Waals surface area contributed by atoms with Crippen molar-refractivity contribution in [3.8, 4) is 55.6 Å². The molecular formula is C92H78. The smallest absolute Gasteiger partial charge is 0.0103 e. The first kappa shape index (κ1) is 62.4. The minimum Gasteiger partial charge on any atom is -0.0622 e. The van der Waals surface area contributed by atoms with Crippen LogP contribution in [0.5, 0.6) is 0 Å². The second-order valence-electron chi connectivity index (χ2n) is 23.6. The Balaban J connectivity index is 0.000000114. The molecule has 0 heterocycles. The van der Waals surface area contributed by atoms with Crippen molar-refractivity contribution in [1.82, 2.24) is 0 Å². The molecule has 0 atom stereocenters. The van der Waals surface area contributed by atoms with E-state index in [1.165, 1.54) is 143 Å². The molecule has 0 heteroatoms. The average Bonchev–Trinajstić information content (AvgIpc) is 2.51. The highest BCUT2D eigenvalue weighted by atomic mass is 14.1. The Morgan fingerprint density at radius 1 is 0.141 bits per heavy atom. The van der Waals surface area contributed by atoms with Crippen LogP contribution < -0.4 is 0 Å². The predicted octanol–water partition coefficient (Wildman–Crippen LogP) is 26.1. The maximum atomic E-state index is 2.25. The maximum Gasteiger partial charge on any atom is -0.0103 e. The lowest BCUT2D eigenvalue weighted by Gasteiger charge is -2.09. The van der Waals surface area contributed by atoms with Gasteiger partial charge in [0.1, 0.15) is 0 Å². The number of benzene rings is 16. The van der Waals surface area contributed by atoms with E-state index >= 15 is 0 Å². The molecule has 0 N–H and O–H groups in total. The van der Waals surface area contributed by atoms with E-state index in [1.807, 2.05) is 6.07 Å². The summed E-state index contributed by atoms with van der Waals surface area (Å²) in [6, 6.07) is 129. The number of fused-ring (bicyclic) bond motifs is 5. The second kappa shape index (κ2) is 30.8. The maximum absolute atomic E-state index is 2.25. The van der Waals surface area contributed by atoms with Crippen molar-refractivity contribution >= 4 is 53.9 Å². The van der Waals surface area contributed by atoms with Crippen molar-refractivity contribution in [2.45, 2.75) is 41.5 Å². The molecule has 0 fully saturated rings. The van der Waals surface area contributed by atoms with Crippen LogP contribution in [-0.4, -0.2) is 0 Å². The van der Waals surface area contributed by atoms with Crippen LogP contribution in [0.15, 0.2) is 364 Å². The Morgan fingerprint density at radius 3 is 1.09 bits per heavy atom. The van der Waals surface area contributed by atoms with E-state index in [9.17, 15) is 0 Å². The molecule has 0 saturated carbocycles. The van der Waals surface area contributed by atoms with Gasteiger partial charge in [0.15, 0.2) is 0 Å². The van der Waals surface area contributed by atoms with Gasteiger partial charge in [-0.1, -0.05) is 374 Å². The molecule has 0 aliphatic rings. The molecule has 16 aromatic carbocycles. The van der Waals surface area contributed by atoms with Crippen LogP contribution >= 0.6 is 0 Å². The summed E-state index contributed by atoms with van der Waals surface area (Å²) in [7, 11) is 0. The fourth-order valence-electron chi connectivity index (χ4n) is 11.8. The lowest BCUT2D eigenvalue weighted by Crippen LogP contribution is -1.83. The molecule has 16 aromatic rings. The average molecular weight is 1180 g/mol. The third kappa shape index (κ3) is 16.4. The van der Waals surface area contributed by atoms with Gasteiger partial charge in [-0.2, -0.15) is 0 Å². The van der Waals surface area contributed by atoms with Gasteiger partial charge < -0.3 is 0 Å². The Kier molecular flexibility index (Phi) is 20.9. The summed E-state index contributed by atoms with van der Waals surface area (Å²) in [5.41, 5.74) is 20.7. The molecule has 92 heavy (non-hydrogen) atoms. The Hall–Kier alpha value is -11.2. The predicted molar refractivity (Wildman–Crippen MR) is 402 cm³/mol. The molecule has 0 aliphatic carbocycles. The SMILES string of the molecule is Cc1ccc(-c2cccc3ccccc23)cc1.Cc1ccc(-c2ccccc2)c2ccccc12.Cc1ccc2ccccc2c1.Cc1cccc(-c2ccc3ccccc3c2)c1.Cc1cccc(-c2cccc(-c3ccccc3)c2)c1.Cc1cccc2ccccc12. The summed E-state index contributed by atoms with van der Waals surface area (Å²) < 4.78 is 0. The fraction of sp³-hybridized carbons (Fsp3) is 0.0652. The molecule has 0 amide bonds. The van der Waals surface area contributed by atoms with Crippen LogP contribution in [0, 0.1) is 41.5 Å². The lowest BCUT2D eigenvalue weighted by molar-refractivity contribution is 1.47. The van der Waals surface area contributed by atoms with Crippen molar-refractivity contribution in [3.63, 3.8) is 0 Å². The van der Waals surface area contributed by atoms with Gasteiger partial charge in [0.2, 0.25) is 0 Å². The van der Waals surface area contributed by atoms with Crippen molar-refractivity contribution < 1.29 is 0 Å². The molecule has 0 radical (unpaired) electrons. The molecule has 0 aliphatic heterocycles. The van der Waals surface area contributed by atoms with E-state index in [1.54, 1.807) is 0 Å². The highest BCUT2D eigenvalue weighted by Crippen LogP contribution is 2.32. The highest BCUT2D eigenvalue weighted by Gasteiger charge is 2.07. The number of hydrogen-bond donors (Lipinski definition) is 0. The van der Waals surface area contributed by atoms with Gasteiger partial charge in [-0.15, -0.1) is 0 Å². The van der Waals surface area contributed by atoms with Gasteiger partial charge in [0.05, 0.1) is 0 Å². The molecule has 446 valence electrons.